The van der Waals surface area contributed by atoms with Crippen LogP contribution in [0.1, 0.15) is 52.9 Å². The number of ether oxygens (including phenoxy) is 1. The second-order valence-corrected chi connectivity index (χ2v) is 5.18. The Morgan fingerprint density at radius 3 is 2.35 bits per heavy atom. The molecule has 0 bridgehead atoms. The lowest BCUT2D eigenvalue weighted by Crippen LogP contribution is -2.43. The molecule has 3 heteroatoms. The van der Waals surface area contributed by atoms with E-state index in [9.17, 15) is 5.11 Å². The van der Waals surface area contributed by atoms with E-state index in [1.165, 1.54) is 12.8 Å². The molecule has 0 saturated heterocycles. The van der Waals surface area contributed by atoms with Gasteiger partial charge in [-0.25, -0.2) is 0 Å². The van der Waals surface area contributed by atoms with E-state index in [0.717, 1.165) is 38.4 Å². The first-order valence-corrected chi connectivity index (χ1v) is 6.99. The minimum absolute atomic E-state index is 0.130. The molecule has 0 aromatic heterocycles. The Balaban J connectivity index is 3.46. The molecule has 1 unspecified atom stereocenters. The second-order valence-electron chi connectivity index (χ2n) is 5.18. The molecule has 2 N–H and O–H groups in total. The predicted molar refractivity (Wildman–Crippen MR) is 73.3 cm³/mol. The SMILES string of the molecule is CCC(CC)COCCCCC(C)(CO)NC. The summed E-state index contributed by atoms with van der Waals surface area (Å²) in [7, 11) is 1.90. The summed E-state index contributed by atoms with van der Waals surface area (Å²) in [5.41, 5.74) is -0.130. The number of unbranched alkanes of at least 4 members (excludes halogenated alkanes) is 1. The molecule has 1 atom stereocenters. The van der Waals surface area contributed by atoms with Crippen LogP contribution in [0.15, 0.2) is 0 Å². The molecule has 3 nitrogen and oxygen atoms in total. The third kappa shape index (κ3) is 7.74. The summed E-state index contributed by atoms with van der Waals surface area (Å²) < 4.78 is 5.68. The summed E-state index contributed by atoms with van der Waals surface area (Å²) in [6.07, 6.45) is 5.59. The maximum atomic E-state index is 9.23. The van der Waals surface area contributed by atoms with Gasteiger partial charge in [-0.1, -0.05) is 26.7 Å². The lowest BCUT2D eigenvalue weighted by atomic mass is 9.96. The first-order chi connectivity index (χ1) is 8.11. The van der Waals surface area contributed by atoms with Crippen molar-refractivity contribution in [2.24, 2.45) is 5.92 Å². The van der Waals surface area contributed by atoms with Crippen molar-refractivity contribution in [3.05, 3.63) is 0 Å². The first-order valence-electron chi connectivity index (χ1n) is 6.99. The zero-order valence-electron chi connectivity index (χ0n) is 12.1. The van der Waals surface area contributed by atoms with Crippen LogP contribution in [0.3, 0.4) is 0 Å². The molecule has 0 radical (unpaired) electrons. The van der Waals surface area contributed by atoms with Crippen molar-refractivity contribution in [2.75, 3.05) is 26.9 Å². The van der Waals surface area contributed by atoms with E-state index in [2.05, 4.69) is 26.1 Å². The Morgan fingerprint density at radius 2 is 1.88 bits per heavy atom. The Labute approximate surface area is 107 Å². The highest BCUT2D eigenvalue weighted by atomic mass is 16.5. The van der Waals surface area contributed by atoms with Crippen molar-refractivity contribution in [1.29, 1.82) is 0 Å². The zero-order valence-corrected chi connectivity index (χ0v) is 12.1. The number of rotatable bonds is 11. The van der Waals surface area contributed by atoms with Crippen molar-refractivity contribution in [1.82, 2.24) is 5.32 Å². The van der Waals surface area contributed by atoms with Crippen molar-refractivity contribution in [2.45, 2.75) is 58.4 Å². The molecule has 0 saturated carbocycles. The number of hydrogen-bond acceptors (Lipinski definition) is 3. The quantitative estimate of drug-likeness (QED) is 0.550. The van der Waals surface area contributed by atoms with Crippen LogP contribution < -0.4 is 5.32 Å². The summed E-state index contributed by atoms with van der Waals surface area (Å²) in [5.74, 6) is 0.718. The van der Waals surface area contributed by atoms with E-state index in [1.54, 1.807) is 0 Å². The van der Waals surface area contributed by atoms with E-state index < -0.39 is 0 Å². The number of nitrogens with one attached hydrogen (secondary N) is 1. The first kappa shape index (κ1) is 16.9. The van der Waals surface area contributed by atoms with Gasteiger partial charge in [0.25, 0.3) is 0 Å². The van der Waals surface area contributed by atoms with E-state index in [1.807, 2.05) is 7.05 Å². The fourth-order valence-electron chi connectivity index (χ4n) is 1.78. The number of aliphatic hydroxyl groups excluding tert-OH is 1. The molecule has 0 rings (SSSR count). The minimum Gasteiger partial charge on any atom is -0.394 e. The van der Waals surface area contributed by atoms with Crippen molar-refractivity contribution >= 4 is 0 Å². The van der Waals surface area contributed by atoms with Gasteiger partial charge in [-0.2, -0.15) is 0 Å². The lowest BCUT2D eigenvalue weighted by Gasteiger charge is -2.26. The van der Waals surface area contributed by atoms with Gasteiger partial charge in [0.15, 0.2) is 0 Å². The molecule has 0 amide bonds. The highest BCUT2D eigenvalue weighted by molar-refractivity contribution is 4.79. The third-order valence-electron chi connectivity index (χ3n) is 3.73. The molecule has 0 heterocycles. The fraction of sp³-hybridized carbons (Fsp3) is 1.00. The van der Waals surface area contributed by atoms with E-state index in [-0.39, 0.29) is 12.1 Å². The Kier molecular flexibility index (Phi) is 9.79. The summed E-state index contributed by atoms with van der Waals surface area (Å²) in [4.78, 5) is 0. The summed E-state index contributed by atoms with van der Waals surface area (Å²) in [5, 5.41) is 12.4. The van der Waals surface area contributed by atoms with E-state index in [4.69, 9.17) is 4.74 Å². The van der Waals surface area contributed by atoms with Crippen LogP contribution in [0, 0.1) is 5.92 Å². The standard InChI is InChI=1S/C14H31NO2/c1-5-13(6-2)11-17-10-8-7-9-14(3,12-16)15-4/h13,15-16H,5-12H2,1-4H3. The van der Waals surface area contributed by atoms with Crippen molar-refractivity contribution in [3.63, 3.8) is 0 Å². The monoisotopic (exact) mass is 245 g/mol. The highest BCUT2D eigenvalue weighted by Gasteiger charge is 2.19. The molecule has 0 fully saturated rings. The molecule has 0 aromatic carbocycles. The summed E-state index contributed by atoms with van der Waals surface area (Å²) in [6, 6.07) is 0. The average Bonchev–Trinajstić information content (AvgIpc) is 2.37. The molecular weight excluding hydrogens is 214 g/mol. The van der Waals surface area contributed by atoms with Crippen molar-refractivity contribution in [3.8, 4) is 0 Å². The number of aliphatic hydroxyl groups is 1. The van der Waals surface area contributed by atoms with Gasteiger partial charge in [-0.15, -0.1) is 0 Å². The lowest BCUT2D eigenvalue weighted by molar-refractivity contribution is 0.0902. The Hall–Kier alpha value is -0.120. The van der Waals surface area contributed by atoms with Gasteiger partial charge in [0, 0.05) is 18.8 Å². The molecule has 104 valence electrons. The smallest absolute Gasteiger partial charge is 0.0610 e. The second kappa shape index (κ2) is 9.86. The van der Waals surface area contributed by atoms with Crippen LogP contribution in [0.25, 0.3) is 0 Å². The molecule has 0 spiro atoms. The van der Waals surface area contributed by atoms with Gasteiger partial charge in [-0.3, -0.25) is 0 Å². The third-order valence-corrected chi connectivity index (χ3v) is 3.73. The van der Waals surface area contributed by atoms with Crippen LogP contribution in [0.4, 0.5) is 0 Å². The molecule has 0 aliphatic rings. The normalized spacial score (nSPS) is 15.2. The van der Waals surface area contributed by atoms with Gasteiger partial charge in [0.05, 0.1) is 6.61 Å². The van der Waals surface area contributed by atoms with Gasteiger partial charge in [0.1, 0.15) is 0 Å². The van der Waals surface area contributed by atoms with Crippen LogP contribution in [0.5, 0.6) is 0 Å². The maximum absolute atomic E-state index is 9.23. The topological polar surface area (TPSA) is 41.5 Å². The number of likely N-dealkylation sites (N-methyl/N-ethyl adjacent to an activating group) is 1. The Bertz CT molecular complexity index is 166. The zero-order chi connectivity index (χ0) is 13.1. The predicted octanol–water partition coefficient (Wildman–Crippen LogP) is 2.58. The molecular formula is C14H31NO2. The molecule has 17 heavy (non-hydrogen) atoms. The van der Waals surface area contributed by atoms with Gasteiger partial charge < -0.3 is 15.2 Å². The van der Waals surface area contributed by atoms with Crippen LogP contribution >= 0.6 is 0 Å². The molecule has 0 aliphatic carbocycles. The summed E-state index contributed by atoms with van der Waals surface area (Å²) in [6.45, 7) is 8.43. The average molecular weight is 245 g/mol. The summed E-state index contributed by atoms with van der Waals surface area (Å²) >= 11 is 0. The Morgan fingerprint density at radius 1 is 1.24 bits per heavy atom. The number of hydrogen-bond donors (Lipinski definition) is 2. The minimum atomic E-state index is -0.130. The van der Waals surface area contributed by atoms with Gasteiger partial charge in [0.2, 0.25) is 0 Å². The van der Waals surface area contributed by atoms with Crippen molar-refractivity contribution < 1.29 is 9.84 Å². The highest BCUT2D eigenvalue weighted by Crippen LogP contribution is 2.13. The largest absolute Gasteiger partial charge is 0.394 e. The van der Waals surface area contributed by atoms with Gasteiger partial charge >= 0.3 is 0 Å². The van der Waals surface area contributed by atoms with Crippen LogP contribution in [0.2, 0.25) is 0 Å². The fourth-order valence-corrected chi connectivity index (χ4v) is 1.78. The van der Waals surface area contributed by atoms with E-state index in [0.29, 0.717) is 0 Å². The van der Waals surface area contributed by atoms with E-state index >= 15 is 0 Å². The maximum Gasteiger partial charge on any atom is 0.0610 e. The van der Waals surface area contributed by atoms with Crippen LogP contribution in [-0.2, 0) is 4.74 Å². The molecule has 0 aliphatic heterocycles. The van der Waals surface area contributed by atoms with Gasteiger partial charge in [-0.05, 0) is 39.2 Å². The van der Waals surface area contributed by atoms with Crippen LogP contribution in [-0.4, -0.2) is 37.5 Å². The molecule has 0 aromatic rings.